The van der Waals surface area contributed by atoms with Gasteiger partial charge in [-0.3, -0.25) is 14.3 Å². The van der Waals surface area contributed by atoms with Crippen LogP contribution in [0.15, 0.2) is 60.0 Å². The standard InChI is InChI=1S/C20H21N5OS/c1-24(2)19(26)17(14-7-4-3-5-8-14)27-20-23-22-18(25(20)16-10-11-16)15-9-6-12-21-13-15/h3-9,12-13,16-17H,10-11H2,1-2H3/t17-/m1/s1. The highest BCUT2D eigenvalue weighted by atomic mass is 32.2. The topological polar surface area (TPSA) is 63.9 Å². The molecule has 2 aromatic heterocycles. The average Bonchev–Trinajstić information content (AvgIpc) is 3.46. The molecule has 1 atom stereocenters. The fourth-order valence-electron chi connectivity index (χ4n) is 2.94. The van der Waals surface area contributed by atoms with Crippen molar-refractivity contribution in [2.24, 2.45) is 0 Å². The van der Waals surface area contributed by atoms with Crippen molar-refractivity contribution < 1.29 is 4.79 Å². The average molecular weight is 379 g/mol. The molecule has 0 N–H and O–H groups in total. The summed E-state index contributed by atoms with van der Waals surface area (Å²) in [4.78, 5) is 18.7. The first kappa shape index (κ1) is 17.7. The number of likely N-dealkylation sites (N-methyl/N-ethyl adjacent to an activating group) is 1. The van der Waals surface area contributed by atoms with Gasteiger partial charge >= 0.3 is 0 Å². The maximum Gasteiger partial charge on any atom is 0.240 e. The van der Waals surface area contributed by atoms with E-state index in [9.17, 15) is 4.79 Å². The minimum atomic E-state index is -0.357. The minimum absolute atomic E-state index is 0.0412. The number of pyridine rings is 1. The molecular weight excluding hydrogens is 358 g/mol. The zero-order chi connectivity index (χ0) is 18.8. The summed E-state index contributed by atoms with van der Waals surface area (Å²) in [7, 11) is 3.57. The van der Waals surface area contributed by atoms with E-state index in [0.29, 0.717) is 6.04 Å². The predicted molar refractivity (Wildman–Crippen MR) is 105 cm³/mol. The van der Waals surface area contributed by atoms with Gasteiger partial charge in [-0.05, 0) is 30.5 Å². The van der Waals surface area contributed by atoms with E-state index in [-0.39, 0.29) is 11.2 Å². The molecule has 27 heavy (non-hydrogen) atoms. The van der Waals surface area contributed by atoms with Crippen molar-refractivity contribution in [1.29, 1.82) is 0 Å². The Bertz CT molecular complexity index is 922. The highest BCUT2D eigenvalue weighted by molar-refractivity contribution is 8.00. The van der Waals surface area contributed by atoms with Crippen LogP contribution in [-0.2, 0) is 4.79 Å². The molecule has 1 aliphatic carbocycles. The fraction of sp³-hybridized carbons (Fsp3) is 0.300. The molecule has 1 amide bonds. The molecule has 138 valence electrons. The minimum Gasteiger partial charge on any atom is -0.348 e. The van der Waals surface area contributed by atoms with Crippen LogP contribution in [0.2, 0.25) is 0 Å². The number of hydrogen-bond acceptors (Lipinski definition) is 5. The Labute approximate surface area is 162 Å². The summed E-state index contributed by atoms with van der Waals surface area (Å²) in [6.07, 6.45) is 5.77. The molecular formula is C20H21N5OS. The van der Waals surface area contributed by atoms with E-state index in [4.69, 9.17) is 0 Å². The number of aromatic nitrogens is 4. The van der Waals surface area contributed by atoms with Gasteiger partial charge in [0.25, 0.3) is 0 Å². The van der Waals surface area contributed by atoms with Gasteiger partial charge in [0, 0.05) is 38.1 Å². The number of rotatable bonds is 6. The second-order valence-corrected chi connectivity index (χ2v) is 7.86. The first-order valence-electron chi connectivity index (χ1n) is 8.93. The molecule has 0 unspecified atom stereocenters. The molecule has 3 aromatic rings. The summed E-state index contributed by atoms with van der Waals surface area (Å²) in [6, 6.07) is 14.1. The van der Waals surface area contributed by atoms with Crippen LogP contribution in [0.25, 0.3) is 11.4 Å². The van der Waals surface area contributed by atoms with Crippen LogP contribution < -0.4 is 0 Å². The van der Waals surface area contributed by atoms with Crippen molar-refractivity contribution >= 4 is 17.7 Å². The van der Waals surface area contributed by atoms with Gasteiger partial charge in [0.15, 0.2) is 11.0 Å². The lowest BCUT2D eigenvalue weighted by atomic mass is 10.1. The maximum absolute atomic E-state index is 12.9. The van der Waals surface area contributed by atoms with Crippen molar-refractivity contribution in [1.82, 2.24) is 24.6 Å². The van der Waals surface area contributed by atoms with Crippen molar-refractivity contribution in [2.45, 2.75) is 29.3 Å². The Morgan fingerprint density at radius 1 is 1.15 bits per heavy atom. The molecule has 1 fully saturated rings. The molecule has 1 saturated carbocycles. The van der Waals surface area contributed by atoms with E-state index in [1.165, 1.54) is 11.8 Å². The van der Waals surface area contributed by atoms with Gasteiger partial charge in [-0.15, -0.1) is 10.2 Å². The third-order valence-electron chi connectivity index (χ3n) is 4.49. The van der Waals surface area contributed by atoms with Crippen LogP contribution in [0, 0.1) is 0 Å². The lowest BCUT2D eigenvalue weighted by Crippen LogP contribution is -2.27. The van der Waals surface area contributed by atoms with E-state index in [0.717, 1.165) is 34.9 Å². The first-order chi connectivity index (χ1) is 13.1. The monoisotopic (exact) mass is 379 g/mol. The molecule has 0 spiro atoms. The van der Waals surface area contributed by atoms with Crippen LogP contribution in [-0.4, -0.2) is 44.7 Å². The number of benzene rings is 1. The molecule has 0 saturated heterocycles. The number of carbonyl (C=O) groups is 1. The van der Waals surface area contributed by atoms with Gasteiger partial charge in [-0.1, -0.05) is 42.1 Å². The van der Waals surface area contributed by atoms with Crippen LogP contribution in [0.5, 0.6) is 0 Å². The van der Waals surface area contributed by atoms with Crippen LogP contribution in [0.3, 0.4) is 0 Å². The Balaban J connectivity index is 1.72. The smallest absolute Gasteiger partial charge is 0.240 e. The zero-order valence-electron chi connectivity index (χ0n) is 15.3. The maximum atomic E-state index is 12.9. The highest BCUT2D eigenvalue weighted by Gasteiger charge is 2.33. The van der Waals surface area contributed by atoms with Crippen LogP contribution in [0.1, 0.15) is 29.7 Å². The number of nitrogens with zero attached hydrogens (tertiary/aromatic N) is 5. The predicted octanol–water partition coefficient (Wildman–Crippen LogP) is 3.60. The second-order valence-electron chi connectivity index (χ2n) is 6.79. The van der Waals surface area contributed by atoms with Crippen molar-refractivity contribution in [2.75, 3.05) is 14.1 Å². The summed E-state index contributed by atoms with van der Waals surface area (Å²) in [5, 5.41) is 9.29. The quantitative estimate of drug-likeness (QED) is 0.613. The van der Waals surface area contributed by atoms with E-state index < -0.39 is 0 Å². The lowest BCUT2D eigenvalue weighted by molar-refractivity contribution is -0.128. The Hall–Kier alpha value is -2.67. The van der Waals surface area contributed by atoms with E-state index >= 15 is 0 Å². The van der Waals surface area contributed by atoms with E-state index in [1.807, 2.05) is 42.5 Å². The zero-order valence-corrected chi connectivity index (χ0v) is 16.1. The van der Waals surface area contributed by atoms with Crippen molar-refractivity contribution in [3.63, 3.8) is 0 Å². The number of thioether (sulfide) groups is 1. The Morgan fingerprint density at radius 2 is 1.93 bits per heavy atom. The molecule has 6 nitrogen and oxygen atoms in total. The van der Waals surface area contributed by atoms with Gasteiger partial charge in [-0.2, -0.15) is 0 Å². The number of hydrogen-bond donors (Lipinski definition) is 0. The summed E-state index contributed by atoms with van der Waals surface area (Å²) < 4.78 is 2.17. The Kier molecular flexibility index (Phi) is 4.94. The van der Waals surface area contributed by atoms with Crippen molar-refractivity contribution in [3.8, 4) is 11.4 Å². The summed E-state index contributed by atoms with van der Waals surface area (Å²) in [5.41, 5.74) is 1.91. The molecule has 0 radical (unpaired) electrons. The van der Waals surface area contributed by atoms with E-state index in [2.05, 4.69) is 19.7 Å². The van der Waals surface area contributed by atoms with Gasteiger partial charge < -0.3 is 4.90 Å². The summed E-state index contributed by atoms with van der Waals surface area (Å²) in [5.74, 6) is 0.858. The lowest BCUT2D eigenvalue weighted by Gasteiger charge is -2.20. The fourth-order valence-corrected chi connectivity index (χ4v) is 4.19. The second kappa shape index (κ2) is 7.52. The summed E-state index contributed by atoms with van der Waals surface area (Å²) >= 11 is 1.47. The molecule has 1 aliphatic rings. The molecule has 4 rings (SSSR count). The molecule has 1 aromatic carbocycles. The van der Waals surface area contributed by atoms with Gasteiger partial charge in [0.05, 0.1) is 0 Å². The highest BCUT2D eigenvalue weighted by Crippen LogP contribution is 2.44. The summed E-state index contributed by atoms with van der Waals surface area (Å²) in [6.45, 7) is 0. The molecule has 7 heteroatoms. The molecule has 2 heterocycles. The Morgan fingerprint density at radius 3 is 2.56 bits per heavy atom. The SMILES string of the molecule is CN(C)C(=O)[C@H](Sc1nnc(-c2cccnc2)n1C1CC1)c1ccccc1. The van der Waals surface area contributed by atoms with Gasteiger partial charge in [0.1, 0.15) is 5.25 Å². The normalized spacial score (nSPS) is 14.7. The van der Waals surface area contributed by atoms with E-state index in [1.54, 1.807) is 31.4 Å². The molecule has 0 bridgehead atoms. The third kappa shape index (κ3) is 3.73. The van der Waals surface area contributed by atoms with Gasteiger partial charge in [-0.25, -0.2) is 0 Å². The number of carbonyl (C=O) groups excluding carboxylic acids is 1. The third-order valence-corrected chi connectivity index (χ3v) is 5.69. The van der Waals surface area contributed by atoms with Crippen LogP contribution >= 0.6 is 11.8 Å². The largest absolute Gasteiger partial charge is 0.348 e. The molecule has 0 aliphatic heterocycles. The first-order valence-corrected chi connectivity index (χ1v) is 9.81. The van der Waals surface area contributed by atoms with Crippen molar-refractivity contribution in [3.05, 3.63) is 60.4 Å². The number of amides is 1. The van der Waals surface area contributed by atoms with Gasteiger partial charge in [0.2, 0.25) is 5.91 Å². The van der Waals surface area contributed by atoms with Crippen LogP contribution in [0.4, 0.5) is 0 Å².